The summed E-state index contributed by atoms with van der Waals surface area (Å²) < 4.78 is 24.2. The molecule has 0 bridgehead atoms. The molecule has 0 radical (unpaired) electrons. The molecule has 0 aliphatic carbocycles. The van der Waals surface area contributed by atoms with Crippen LogP contribution >= 0.6 is 0 Å². The maximum atomic E-state index is 13.0. The Morgan fingerprint density at radius 2 is 1.72 bits per heavy atom. The molecule has 1 aliphatic heterocycles. The number of carbonyl (C=O) groups is 1. The molecule has 0 saturated carbocycles. The van der Waals surface area contributed by atoms with Crippen LogP contribution in [0.5, 0.6) is 5.75 Å². The molecule has 5 heteroatoms. The minimum absolute atomic E-state index is 0.207. The molecule has 4 nitrogen and oxygen atoms in total. The number of nitrogens with zero attached hydrogens (tertiary/aromatic N) is 1. The number of benzene rings is 3. The van der Waals surface area contributed by atoms with Crippen LogP contribution in [0.4, 0.5) is 4.39 Å². The fourth-order valence-corrected chi connectivity index (χ4v) is 2.85. The van der Waals surface area contributed by atoms with Gasteiger partial charge in [0.25, 0.3) is 0 Å². The molecular formula is C24H18FNO3. The number of aliphatic imine (C=N–C) groups is 1. The van der Waals surface area contributed by atoms with Gasteiger partial charge in [-0.05, 0) is 48.9 Å². The van der Waals surface area contributed by atoms with E-state index < -0.39 is 5.97 Å². The second kappa shape index (κ2) is 8.10. The smallest absolute Gasteiger partial charge is 0.363 e. The highest BCUT2D eigenvalue weighted by atomic mass is 19.1. The van der Waals surface area contributed by atoms with Crippen molar-refractivity contribution >= 4 is 17.9 Å². The number of ether oxygens (including phenoxy) is 2. The van der Waals surface area contributed by atoms with E-state index in [9.17, 15) is 9.18 Å². The van der Waals surface area contributed by atoms with Crippen LogP contribution in [0.3, 0.4) is 0 Å². The summed E-state index contributed by atoms with van der Waals surface area (Å²) in [6.45, 7) is 2.27. The number of halogens is 1. The van der Waals surface area contributed by atoms with E-state index >= 15 is 0 Å². The second-order valence-electron chi connectivity index (χ2n) is 6.66. The first-order chi connectivity index (χ1) is 14.1. The SMILES string of the molecule is Cc1ccc(C2=NC(=Cc3ccccc3OCc3ccc(F)cc3)C(=O)O2)cc1. The molecule has 0 spiro atoms. The molecule has 29 heavy (non-hydrogen) atoms. The Hall–Kier alpha value is -3.73. The van der Waals surface area contributed by atoms with E-state index in [0.717, 1.165) is 16.7 Å². The molecule has 0 aromatic heterocycles. The van der Waals surface area contributed by atoms with Gasteiger partial charge in [-0.25, -0.2) is 14.2 Å². The average Bonchev–Trinajstić information content (AvgIpc) is 3.09. The number of aryl methyl sites for hydroxylation is 1. The van der Waals surface area contributed by atoms with E-state index in [2.05, 4.69) is 4.99 Å². The highest BCUT2D eigenvalue weighted by Crippen LogP contribution is 2.25. The van der Waals surface area contributed by atoms with Crippen LogP contribution in [-0.2, 0) is 16.1 Å². The van der Waals surface area contributed by atoms with Gasteiger partial charge in [0.05, 0.1) is 0 Å². The van der Waals surface area contributed by atoms with Crippen LogP contribution < -0.4 is 4.74 Å². The number of hydrogen-bond acceptors (Lipinski definition) is 4. The average molecular weight is 387 g/mol. The molecule has 1 heterocycles. The van der Waals surface area contributed by atoms with E-state index in [4.69, 9.17) is 9.47 Å². The van der Waals surface area contributed by atoms with Gasteiger partial charge in [0, 0.05) is 11.1 Å². The maximum absolute atomic E-state index is 13.0. The molecule has 0 saturated heterocycles. The van der Waals surface area contributed by atoms with Crippen molar-refractivity contribution < 1.29 is 18.7 Å². The Labute approximate surface area is 167 Å². The van der Waals surface area contributed by atoms with Crippen molar-refractivity contribution in [3.8, 4) is 5.75 Å². The molecule has 3 aromatic rings. The second-order valence-corrected chi connectivity index (χ2v) is 6.66. The molecule has 1 aliphatic rings. The Morgan fingerprint density at radius 3 is 2.48 bits per heavy atom. The minimum Gasteiger partial charge on any atom is -0.488 e. The van der Waals surface area contributed by atoms with Gasteiger partial charge in [0.2, 0.25) is 5.90 Å². The van der Waals surface area contributed by atoms with Crippen molar-refractivity contribution in [1.82, 2.24) is 0 Å². The molecular weight excluding hydrogens is 369 g/mol. The number of carbonyl (C=O) groups excluding carboxylic acids is 1. The van der Waals surface area contributed by atoms with Crippen molar-refractivity contribution in [2.24, 2.45) is 4.99 Å². The largest absolute Gasteiger partial charge is 0.488 e. The molecule has 0 atom stereocenters. The zero-order valence-corrected chi connectivity index (χ0v) is 15.8. The monoisotopic (exact) mass is 387 g/mol. The summed E-state index contributed by atoms with van der Waals surface area (Å²) in [5.74, 6) is 0.0804. The topological polar surface area (TPSA) is 47.9 Å². The summed E-state index contributed by atoms with van der Waals surface area (Å²) >= 11 is 0. The minimum atomic E-state index is -0.506. The Bertz CT molecular complexity index is 1100. The summed E-state index contributed by atoms with van der Waals surface area (Å²) in [6.07, 6.45) is 1.64. The number of hydrogen-bond donors (Lipinski definition) is 0. The van der Waals surface area contributed by atoms with Crippen molar-refractivity contribution in [3.63, 3.8) is 0 Å². The zero-order chi connectivity index (χ0) is 20.2. The van der Waals surface area contributed by atoms with Gasteiger partial charge in [-0.3, -0.25) is 0 Å². The quantitative estimate of drug-likeness (QED) is 0.454. The number of cyclic esters (lactones) is 1. The molecule has 3 aromatic carbocycles. The summed E-state index contributed by atoms with van der Waals surface area (Å²) in [6, 6.07) is 21.1. The van der Waals surface area contributed by atoms with E-state index in [1.165, 1.54) is 12.1 Å². The number of esters is 1. The Balaban J connectivity index is 1.56. The fraction of sp³-hybridized carbons (Fsp3) is 0.0833. The van der Waals surface area contributed by atoms with Crippen molar-refractivity contribution in [2.75, 3.05) is 0 Å². The van der Waals surface area contributed by atoms with Gasteiger partial charge >= 0.3 is 5.97 Å². The van der Waals surface area contributed by atoms with Crippen LogP contribution in [-0.4, -0.2) is 11.9 Å². The lowest BCUT2D eigenvalue weighted by Gasteiger charge is -2.09. The molecule has 144 valence electrons. The third-order valence-electron chi connectivity index (χ3n) is 4.44. The number of para-hydroxylation sites is 1. The van der Waals surface area contributed by atoms with Gasteiger partial charge in [-0.2, -0.15) is 0 Å². The first-order valence-corrected chi connectivity index (χ1v) is 9.14. The normalized spacial score (nSPS) is 14.6. The van der Waals surface area contributed by atoms with Crippen molar-refractivity contribution in [2.45, 2.75) is 13.5 Å². The molecule has 0 fully saturated rings. The summed E-state index contributed by atoms with van der Waals surface area (Å²) in [5.41, 5.74) is 3.61. The van der Waals surface area contributed by atoms with Crippen LogP contribution in [0, 0.1) is 12.7 Å². The summed E-state index contributed by atoms with van der Waals surface area (Å²) in [4.78, 5) is 16.6. The number of rotatable bonds is 5. The van der Waals surface area contributed by atoms with Gasteiger partial charge in [-0.15, -0.1) is 0 Å². The van der Waals surface area contributed by atoms with Crippen LogP contribution in [0.1, 0.15) is 22.3 Å². The molecule has 0 N–H and O–H groups in total. The highest BCUT2D eigenvalue weighted by Gasteiger charge is 2.24. The Kier molecular flexibility index (Phi) is 5.20. The van der Waals surface area contributed by atoms with Crippen molar-refractivity contribution in [3.05, 3.63) is 107 Å². The van der Waals surface area contributed by atoms with Crippen LogP contribution in [0.2, 0.25) is 0 Å². The Morgan fingerprint density at radius 1 is 1.00 bits per heavy atom. The molecule has 4 rings (SSSR count). The maximum Gasteiger partial charge on any atom is 0.363 e. The lowest BCUT2D eigenvalue weighted by molar-refractivity contribution is -0.129. The van der Waals surface area contributed by atoms with E-state index in [-0.39, 0.29) is 24.0 Å². The highest BCUT2D eigenvalue weighted by molar-refractivity contribution is 6.12. The third kappa shape index (κ3) is 4.41. The van der Waals surface area contributed by atoms with Crippen LogP contribution in [0.15, 0.2) is 83.5 Å². The van der Waals surface area contributed by atoms with Gasteiger partial charge in [0.15, 0.2) is 5.70 Å². The summed E-state index contributed by atoms with van der Waals surface area (Å²) in [5, 5.41) is 0. The predicted octanol–water partition coefficient (Wildman–Crippen LogP) is 5.06. The lowest BCUT2D eigenvalue weighted by Crippen LogP contribution is -2.05. The first-order valence-electron chi connectivity index (χ1n) is 9.14. The predicted molar refractivity (Wildman–Crippen MR) is 109 cm³/mol. The molecule has 0 unspecified atom stereocenters. The van der Waals surface area contributed by atoms with Gasteiger partial charge < -0.3 is 9.47 Å². The zero-order valence-electron chi connectivity index (χ0n) is 15.8. The van der Waals surface area contributed by atoms with E-state index in [1.54, 1.807) is 24.3 Å². The van der Waals surface area contributed by atoms with E-state index in [0.29, 0.717) is 11.3 Å². The van der Waals surface area contributed by atoms with E-state index in [1.807, 2.05) is 49.4 Å². The lowest BCUT2D eigenvalue weighted by atomic mass is 10.1. The fourth-order valence-electron chi connectivity index (χ4n) is 2.85. The van der Waals surface area contributed by atoms with Crippen LogP contribution in [0.25, 0.3) is 6.08 Å². The standard InChI is InChI=1S/C24H18FNO3/c1-16-6-10-18(11-7-16)23-26-21(24(27)29-23)14-19-4-2-3-5-22(19)28-15-17-8-12-20(25)13-9-17/h2-14H,15H2,1H3. The van der Waals surface area contributed by atoms with Crippen molar-refractivity contribution in [1.29, 1.82) is 0 Å². The van der Waals surface area contributed by atoms with Gasteiger partial charge in [0.1, 0.15) is 18.2 Å². The first kappa shape index (κ1) is 18.6. The third-order valence-corrected chi connectivity index (χ3v) is 4.44. The summed E-state index contributed by atoms with van der Waals surface area (Å²) in [7, 11) is 0. The van der Waals surface area contributed by atoms with Gasteiger partial charge in [-0.1, -0.05) is 48.0 Å². The molecule has 0 amide bonds.